The van der Waals surface area contributed by atoms with Gasteiger partial charge in [-0.2, -0.15) is 0 Å². The third-order valence-electron chi connectivity index (χ3n) is 13.0. The first-order chi connectivity index (χ1) is 35.2. The Balaban J connectivity index is 0.000000201. The molecule has 2 atom stereocenters. The zero-order valence-electron chi connectivity index (χ0n) is 40.6. The first-order valence-corrected chi connectivity index (χ1v) is 23.6. The number of hydrogen-bond donors (Lipinski definition) is 3. The van der Waals surface area contributed by atoms with Gasteiger partial charge in [-0.3, -0.25) is 0 Å². The highest BCUT2D eigenvalue weighted by atomic mass is 19.1. The van der Waals surface area contributed by atoms with Gasteiger partial charge in [-0.05, 0) is 99.3 Å². The summed E-state index contributed by atoms with van der Waals surface area (Å²) in [5.74, 6) is -3.38. The molecule has 7 aromatic rings. The molecule has 0 unspecified atom stereocenters. The van der Waals surface area contributed by atoms with Gasteiger partial charge in [0.05, 0.1) is 14.2 Å². The molecule has 0 fully saturated rings. The van der Waals surface area contributed by atoms with E-state index in [1.807, 2.05) is 129 Å². The van der Waals surface area contributed by atoms with Gasteiger partial charge >= 0.3 is 24.1 Å². The van der Waals surface area contributed by atoms with Crippen LogP contribution in [0.3, 0.4) is 0 Å². The van der Waals surface area contributed by atoms with Crippen molar-refractivity contribution in [2.75, 3.05) is 27.4 Å². The molecule has 2 aliphatic rings. The number of esters is 2. The van der Waals surface area contributed by atoms with Crippen LogP contribution in [0.2, 0.25) is 0 Å². The molecule has 3 N–H and O–H groups in total. The van der Waals surface area contributed by atoms with E-state index in [1.54, 1.807) is 6.07 Å². The summed E-state index contributed by atoms with van der Waals surface area (Å²) in [4.78, 5) is 50.0. The van der Waals surface area contributed by atoms with Crippen molar-refractivity contribution in [2.45, 2.75) is 56.2 Å². The first-order valence-electron chi connectivity index (χ1n) is 23.6. The summed E-state index contributed by atoms with van der Waals surface area (Å²) in [6.45, 7) is 3.93. The molecule has 0 aliphatic heterocycles. The average molecular weight is 989 g/mol. The summed E-state index contributed by atoms with van der Waals surface area (Å²) >= 11 is 0. The highest BCUT2D eigenvalue weighted by molar-refractivity contribution is 5.83. The van der Waals surface area contributed by atoms with Crippen LogP contribution in [0, 0.1) is 11.6 Å². The number of phenolic OH excluding ortho intramolecular Hbond substituents is 1. The van der Waals surface area contributed by atoms with E-state index < -0.39 is 59.2 Å². The van der Waals surface area contributed by atoms with Crippen molar-refractivity contribution in [2.24, 2.45) is 0 Å². The lowest BCUT2D eigenvalue weighted by atomic mass is 9.98. The number of carbonyl (C=O) groups excluding carboxylic acids is 4. The van der Waals surface area contributed by atoms with Crippen LogP contribution in [0.1, 0.15) is 64.6 Å². The maximum Gasteiger partial charge on any atom is 0.407 e. The Morgan fingerprint density at radius 3 is 1.32 bits per heavy atom. The number of ether oxygens (including phenoxy) is 5. The zero-order chi connectivity index (χ0) is 51.6. The number of amides is 2. The summed E-state index contributed by atoms with van der Waals surface area (Å²) in [5.41, 5.74) is 9.81. The van der Waals surface area contributed by atoms with Gasteiger partial charge in [0.1, 0.15) is 30.9 Å². The SMILES string of the molecule is COC(=O)[C@H](Cc1ccc(O)c(F)c1)NC(=O)OCC1c2ccccc2-c2ccccc21.COC(=O)[C@H](Cc1ccc(OC(C)(C)c2ccccc2)c(F)c1)NC(=O)OCC1c2ccccc2-c2ccccc21. The Morgan fingerprint density at radius 1 is 0.534 bits per heavy atom. The third-order valence-corrected chi connectivity index (χ3v) is 13.0. The van der Waals surface area contributed by atoms with Gasteiger partial charge in [0.25, 0.3) is 0 Å². The predicted molar refractivity (Wildman–Crippen MR) is 270 cm³/mol. The van der Waals surface area contributed by atoms with E-state index in [0.717, 1.165) is 56.1 Å². The summed E-state index contributed by atoms with van der Waals surface area (Å²) in [5, 5.41) is 14.4. The van der Waals surface area contributed by atoms with Gasteiger partial charge in [0, 0.05) is 24.7 Å². The number of benzene rings is 7. The van der Waals surface area contributed by atoms with Crippen molar-refractivity contribution < 1.29 is 56.7 Å². The first kappa shape index (κ1) is 50.9. The van der Waals surface area contributed by atoms with Crippen molar-refractivity contribution in [3.63, 3.8) is 0 Å². The molecule has 0 saturated heterocycles. The second-order valence-electron chi connectivity index (χ2n) is 18.0. The van der Waals surface area contributed by atoms with Crippen LogP contribution >= 0.6 is 0 Å². The number of aromatic hydroxyl groups is 1. The topological polar surface area (TPSA) is 159 Å². The van der Waals surface area contributed by atoms with Gasteiger partial charge < -0.3 is 39.4 Å². The molecule has 0 heterocycles. The Morgan fingerprint density at radius 2 is 0.918 bits per heavy atom. The molecule has 0 radical (unpaired) electrons. The summed E-state index contributed by atoms with van der Waals surface area (Å²) in [6.07, 6.45) is -1.54. The van der Waals surface area contributed by atoms with Gasteiger partial charge in [0.2, 0.25) is 0 Å². The average Bonchev–Trinajstić information content (AvgIpc) is 3.90. The smallest absolute Gasteiger partial charge is 0.407 e. The predicted octanol–water partition coefficient (Wildman–Crippen LogP) is 10.9. The highest BCUT2D eigenvalue weighted by Crippen LogP contribution is 2.46. The van der Waals surface area contributed by atoms with Crippen molar-refractivity contribution in [1.82, 2.24) is 10.6 Å². The Hall–Kier alpha value is -8.52. The molecule has 0 spiro atoms. The van der Waals surface area contributed by atoms with E-state index in [0.29, 0.717) is 11.1 Å². The maximum absolute atomic E-state index is 15.1. The number of halogens is 2. The standard InChI is InChI=1S/C34H32FNO5.C25H22FNO5/c1-34(2,23-11-5-4-6-12-23)41-31-18-17-22(19-29(31)35)20-30(32(37)39-3)36-33(38)40-21-28-26-15-9-7-13-24(26)25-14-8-10-16-27(25)28;1-31-24(29)22(13-15-10-11-23(28)21(26)12-15)27-25(30)32-14-20-18-8-4-2-6-16(18)17-7-3-5-9-19(17)20/h4-19,28,30H,20-21H2,1-3H3,(H,36,38);2-12,20,22,28H,13-14H2,1H3,(H,27,30)/t30-;22-/m00/s1. The molecular weight excluding hydrogens is 935 g/mol. The van der Waals surface area contributed by atoms with E-state index in [9.17, 15) is 28.7 Å². The maximum atomic E-state index is 15.1. The van der Waals surface area contributed by atoms with Gasteiger partial charge in [-0.15, -0.1) is 0 Å². The molecule has 374 valence electrons. The fourth-order valence-corrected chi connectivity index (χ4v) is 9.31. The van der Waals surface area contributed by atoms with Crippen LogP contribution in [0.15, 0.2) is 164 Å². The van der Waals surface area contributed by atoms with Crippen molar-refractivity contribution in [3.05, 3.63) is 214 Å². The summed E-state index contributed by atoms with van der Waals surface area (Å²) < 4.78 is 55.4. The molecule has 12 nitrogen and oxygen atoms in total. The molecule has 0 bridgehead atoms. The second-order valence-corrected chi connectivity index (χ2v) is 18.0. The number of nitrogens with one attached hydrogen (secondary N) is 2. The number of carbonyl (C=O) groups is 4. The van der Waals surface area contributed by atoms with E-state index >= 15 is 4.39 Å². The lowest BCUT2D eigenvalue weighted by Gasteiger charge is -2.27. The van der Waals surface area contributed by atoms with Crippen molar-refractivity contribution in [3.8, 4) is 33.8 Å². The minimum atomic E-state index is -1.07. The van der Waals surface area contributed by atoms with Crippen LogP contribution in [-0.2, 0) is 47.0 Å². The number of hydrogen-bond acceptors (Lipinski definition) is 10. The van der Waals surface area contributed by atoms with Gasteiger partial charge in [0.15, 0.2) is 23.1 Å². The quantitative estimate of drug-likeness (QED) is 0.0667. The van der Waals surface area contributed by atoms with E-state index in [2.05, 4.69) is 22.8 Å². The third kappa shape index (κ3) is 11.8. The number of phenols is 1. The molecule has 2 amide bonds. The lowest BCUT2D eigenvalue weighted by Crippen LogP contribution is -2.43. The molecule has 7 aromatic carbocycles. The normalized spacial score (nSPS) is 13.1. The summed E-state index contributed by atoms with van der Waals surface area (Å²) in [6, 6.07) is 47.6. The zero-order valence-corrected chi connectivity index (χ0v) is 40.6. The fourth-order valence-electron chi connectivity index (χ4n) is 9.31. The van der Waals surface area contributed by atoms with E-state index in [1.165, 1.54) is 38.5 Å². The molecule has 14 heteroatoms. The van der Waals surface area contributed by atoms with Gasteiger partial charge in [-0.1, -0.05) is 140 Å². The van der Waals surface area contributed by atoms with Crippen LogP contribution in [0.5, 0.6) is 11.5 Å². The van der Waals surface area contributed by atoms with Crippen LogP contribution in [0.25, 0.3) is 22.3 Å². The van der Waals surface area contributed by atoms with Crippen molar-refractivity contribution in [1.29, 1.82) is 0 Å². The molecule has 2 aliphatic carbocycles. The molecule has 0 saturated carbocycles. The monoisotopic (exact) mass is 988 g/mol. The minimum Gasteiger partial charge on any atom is -0.505 e. The highest BCUT2D eigenvalue weighted by Gasteiger charge is 2.32. The molecular formula is C59H54F2N2O10. The Labute approximate surface area is 421 Å². The van der Waals surface area contributed by atoms with E-state index in [-0.39, 0.29) is 43.6 Å². The minimum absolute atomic E-state index is 0.0101. The van der Waals surface area contributed by atoms with Crippen LogP contribution in [0.4, 0.5) is 18.4 Å². The fraction of sp³-hybridized carbons (Fsp3) is 0.220. The summed E-state index contributed by atoms with van der Waals surface area (Å²) in [7, 11) is 2.43. The van der Waals surface area contributed by atoms with E-state index in [4.69, 9.17) is 23.7 Å². The Kier molecular flexibility index (Phi) is 15.8. The van der Waals surface area contributed by atoms with Crippen LogP contribution in [-0.4, -0.2) is 68.7 Å². The molecule has 9 rings (SSSR count). The number of alkyl carbamates (subject to hydrolysis) is 2. The lowest BCUT2D eigenvalue weighted by molar-refractivity contribution is -0.143. The number of fused-ring (bicyclic) bond motifs is 6. The molecule has 73 heavy (non-hydrogen) atoms. The second kappa shape index (κ2) is 22.7. The van der Waals surface area contributed by atoms with Crippen molar-refractivity contribution >= 4 is 24.1 Å². The van der Waals surface area contributed by atoms with Crippen LogP contribution < -0.4 is 15.4 Å². The van der Waals surface area contributed by atoms with Gasteiger partial charge in [-0.25, -0.2) is 28.0 Å². The number of methoxy groups -OCH3 is 2. The largest absolute Gasteiger partial charge is 0.505 e. The number of rotatable bonds is 15. The molecule has 0 aromatic heterocycles. The Bertz CT molecular complexity index is 3040.